The Morgan fingerprint density at radius 3 is 2.33 bits per heavy atom. The summed E-state index contributed by atoms with van der Waals surface area (Å²) in [5.41, 5.74) is -0.406. The Balaban J connectivity index is 1.72. The van der Waals surface area contributed by atoms with Gasteiger partial charge in [0.15, 0.2) is 0 Å². The number of fused-ring (bicyclic) bond motifs is 1. The van der Waals surface area contributed by atoms with Gasteiger partial charge < -0.3 is 14.6 Å². The lowest BCUT2D eigenvalue weighted by molar-refractivity contribution is -0.167. The van der Waals surface area contributed by atoms with Gasteiger partial charge in [0.05, 0.1) is 12.0 Å². The average Bonchev–Trinajstić information content (AvgIpc) is 3.10. The van der Waals surface area contributed by atoms with E-state index >= 15 is 0 Å². The molecule has 0 amide bonds. The van der Waals surface area contributed by atoms with Crippen molar-refractivity contribution in [2.45, 2.75) is 105 Å². The molecule has 5 nitrogen and oxygen atoms in total. The molecule has 0 saturated heterocycles. The first-order chi connectivity index (χ1) is 15.5. The van der Waals surface area contributed by atoms with Crippen LogP contribution in [0.4, 0.5) is 0 Å². The van der Waals surface area contributed by atoms with E-state index in [0.29, 0.717) is 24.0 Å². The number of methoxy groups -OCH3 is 1. The van der Waals surface area contributed by atoms with Crippen LogP contribution in [0.3, 0.4) is 0 Å². The zero-order chi connectivity index (χ0) is 24.4. The molecule has 33 heavy (non-hydrogen) atoms. The van der Waals surface area contributed by atoms with Crippen LogP contribution in [-0.2, 0) is 19.1 Å². The summed E-state index contributed by atoms with van der Waals surface area (Å²) in [5, 5.41) is 10.1. The molecule has 3 fully saturated rings. The van der Waals surface area contributed by atoms with Crippen molar-refractivity contribution in [1.29, 1.82) is 0 Å². The molecule has 0 aromatic heterocycles. The van der Waals surface area contributed by atoms with Crippen molar-refractivity contribution in [2.24, 2.45) is 46.3 Å². The van der Waals surface area contributed by atoms with E-state index in [2.05, 4.69) is 34.6 Å². The van der Waals surface area contributed by atoms with Crippen molar-refractivity contribution in [3.8, 4) is 0 Å². The monoisotopic (exact) mass is 464 g/mol. The zero-order valence-electron chi connectivity index (χ0n) is 21.9. The van der Waals surface area contributed by atoms with Crippen LogP contribution in [0.5, 0.6) is 0 Å². The number of ether oxygens (including phenoxy) is 2. The number of carbonyl (C=O) groups is 2. The zero-order valence-corrected chi connectivity index (χ0v) is 21.9. The number of aliphatic carboxylic acids is 1. The van der Waals surface area contributed by atoms with Gasteiger partial charge >= 0.3 is 5.97 Å². The number of Topliss-reactive ketones (excluding diaryl/α,β-unsaturated/α-hetero) is 1. The first-order valence-corrected chi connectivity index (χ1v) is 13.4. The molecule has 5 heteroatoms. The summed E-state index contributed by atoms with van der Waals surface area (Å²) >= 11 is 0. The van der Waals surface area contributed by atoms with Gasteiger partial charge in [0, 0.05) is 18.9 Å². The van der Waals surface area contributed by atoms with Gasteiger partial charge in [-0.05, 0) is 73.5 Å². The van der Waals surface area contributed by atoms with Gasteiger partial charge in [-0.15, -0.1) is 0 Å². The predicted molar refractivity (Wildman–Crippen MR) is 130 cm³/mol. The molecule has 0 aliphatic heterocycles. The van der Waals surface area contributed by atoms with Crippen molar-refractivity contribution in [3.63, 3.8) is 0 Å². The summed E-state index contributed by atoms with van der Waals surface area (Å²) in [6, 6.07) is 0. The van der Waals surface area contributed by atoms with Crippen LogP contribution in [0.1, 0.15) is 98.8 Å². The standard InChI is InChI=1S/C28H48O5/c1-18(2)8-7-9-19(3)21-10-11-22-25(29)23(13-15-27(21,22)4)28(5)14-12-20(33-17-32-6)16-24(28)26(30)31/h18-24H,7-17H2,1-6H3,(H,30,31)/t19-,20?,21-,22+,23?,24?,27-,28-/m1/s1. The molecule has 3 unspecified atom stereocenters. The fourth-order valence-corrected chi connectivity index (χ4v) is 7.98. The van der Waals surface area contributed by atoms with Gasteiger partial charge in [-0.2, -0.15) is 0 Å². The van der Waals surface area contributed by atoms with Crippen LogP contribution in [0, 0.1) is 46.3 Å². The summed E-state index contributed by atoms with van der Waals surface area (Å²) in [5.74, 6) is 1.01. The second-order valence-corrected chi connectivity index (χ2v) is 12.4. The van der Waals surface area contributed by atoms with E-state index in [9.17, 15) is 14.7 Å². The van der Waals surface area contributed by atoms with Crippen molar-refractivity contribution < 1.29 is 24.2 Å². The number of carboxylic acid groups (broad SMARTS) is 1. The first kappa shape index (κ1) is 26.7. The Kier molecular flexibility index (Phi) is 8.70. The molecule has 0 aromatic carbocycles. The van der Waals surface area contributed by atoms with Crippen molar-refractivity contribution in [1.82, 2.24) is 0 Å². The SMILES string of the molecule is COCOC1CC[C@](C)(C2CC[C@]3(C)[C@@H]([C@H](C)CCCC(C)C)CC[C@H]3C2=O)C(C(=O)O)C1. The molecule has 1 N–H and O–H groups in total. The molecule has 3 aliphatic carbocycles. The highest BCUT2D eigenvalue weighted by Crippen LogP contribution is 2.62. The van der Waals surface area contributed by atoms with Gasteiger partial charge in [0.2, 0.25) is 0 Å². The lowest BCUT2D eigenvalue weighted by Crippen LogP contribution is -2.53. The number of rotatable bonds is 10. The predicted octanol–water partition coefficient (Wildman–Crippen LogP) is 6.34. The maximum atomic E-state index is 14.0. The third-order valence-electron chi connectivity index (χ3n) is 10.0. The van der Waals surface area contributed by atoms with Gasteiger partial charge in [-0.25, -0.2) is 0 Å². The van der Waals surface area contributed by atoms with E-state index in [1.165, 1.54) is 19.3 Å². The van der Waals surface area contributed by atoms with E-state index < -0.39 is 17.3 Å². The number of hydrogen-bond acceptors (Lipinski definition) is 4. The summed E-state index contributed by atoms with van der Waals surface area (Å²) < 4.78 is 10.7. The minimum atomic E-state index is -0.785. The summed E-state index contributed by atoms with van der Waals surface area (Å²) in [7, 11) is 1.58. The summed E-state index contributed by atoms with van der Waals surface area (Å²) in [6.07, 6.45) is 9.72. The molecule has 0 bridgehead atoms. The highest BCUT2D eigenvalue weighted by Gasteiger charge is 2.60. The second-order valence-electron chi connectivity index (χ2n) is 12.4. The largest absolute Gasteiger partial charge is 0.481 e. The molecule has 3 saturated carbocycles. The van der Waals surface area contributed by atoms with E-state index in [-0.39, 0.29) is 30.1 Å². The second kappa shape index (κ2) is 10.8. The third kappa shape index (κ3) is 5.34. The van der Waals surface area contributed by atoms with Crippen molar-refractivity contribution in [2.75, 3.05) is 13.9 Å². The molecule has 0 radical (unpaired) electrons. The lowest BCUT2D eigenvalue weighted by atomic mass is 9.51. The smallest absolute Gasteiger partial charge is 0.307 e. The Hall–Kier alpha value is -0.940. The molecule has 3 rings (SSSR count). The van der Waals surface area contributed by atoms with Crippen molar-refractivity contribution >= 4 is 11.8 Å². The maximum Gasteiger partial charge on any atom is 0.307 e. The van der Waals surface area contributed by atoms with Gasteiger partial charge in [0.1, 0.15) is 12.6 Å². The highest BCUT2D eigenvalue weighted by atomic mass is 16.7. The molecule has 8 atom stereocenters. The Morgan fingerprint density at radius 1 is 1.03 bits per heavy atom. The molecule has 0 spiro atoms. The van der Waals surface area contributed by atoms with E-state index in [1.54, 1.807) is 7.11 Å². The third-order valence-corrected chi connectivity index (χ3v) is 10.0. The summed E-state index contributed by atoms with van der Waals surface area (Å²) in [6.45, 7) is 11.6. The minimum Gasteiger partial charge on any atom is -0.481 e. The number of ketones is 1. The van der Waals surface area contributed by atoms with Crippen LogP contribution in [0.15, 0.2) is 0 Å². The molecule has 3 aliphatic rings. The molecular formula is C28H48O5. The quantitative estimate of drug-likeness (QED) is 0.382. The molecule has 0 heterocycles. The van der Waals surface area contributed by atoms with Gasteiger partial charge in [0.25, 0.3) is 0 Å². The fraction of sp³-hybridized carbons (Fsp3) is 0.929. The van der Waals surface area contributed by atoms with E-state index in [4.69, 9.17) is 9.47 Å². The van der Waals surface area contributed by atoms with Gasteiger partial charge in [-0.3, -0.25) is 9.59 Å². The maximum absolute atomic E-state index is 14.0. The molecule has 0 aromatic rings. The van der Waals surface area contributed by atoms with Gasteiger partial charge in [-0.1, -0.05) is 53.9 Å². The normalized spacial score (nSPS) is 40.1. The summed E-state index contributed by atoms with van der Waals surface area (Å²) in [4.78, 5) is 26.3. The number of hydrogen-bond donors (Lipinski definition) is 1. The van der Waals surface area contributed by atoms with E-state index in [1.807, 2.05) is 0 Å². The Labute approximate surface area is 201 Å². The highest BCUT2D eigenvalue weighted by molar-refractivity contribution is 5.87. The Bertz CT molecular complexity index is 690. The van der Waals surface area contributed by atoms with Crippen molar-refractivity contribution in [3.05, 3.63) is 0 Å². The fourth-order valence-electron chi connectivity index (χ4n) is 7.98. The van der Waals surface area contributed by atoms with Crippen LogP contribution < -0.4 is 0 Å². The lowest BCUT2D eigenvalue weighted by Gasteiger charge is -2.52. The topological polar surface area (TPSA) is 72.8 Å². The average molecular weight is 465 g/mol. The minimum absolute atomic E-state index is 0.0820. The van der Waals surface area contributed by atoms with Crippen LogP contribution in [0.25, 0.3) is 0 Å². The number of carboxylic acids is 1. The van der Waals surface area contributed by atoms with Crippen LogP contribution >= 0.6 is 0 Å². The molecule has 190 valence electrons. The molecular weight excluding hydrogens is 416 g/mol. The Morgan fingerprint density at radius 2 is 1.70 bits per heavy atom. The first-order valence-electron chi connectivity index (χ1n) is 13.4. The van der Waals surface area contributed by atoms with Crippen LogP contribution in [-0.4, -0.2) is 36.9 Å². The van der Waals surface area contributed by atoms with Crippen LogP contribution in [0.2, 0.25) is 0 Å². The van der Waals surface area contributed by atoms with E-state index in [0.717, 1.165) is 44.4 Å². The number of carbonyl (C=O) groups excluding carboxylic acids is 1.